The zero-order valence-electron chi connectivity index (χ0n) is 22.2. The largest absolute Gasteiger partial charge is 0.390 e. The van der Waals surface area contributed by atoms with E-state index in [0.29, 0.717) is 22.7 Å². The van der Waals surface area contributed by atoms with E-state index in [1.807, 2.05) is 5.57 Å². The molecule has 2 heteroatoms. The van der Waals surface area contributed by atoms with Gasteiger partial charge < -0.3 is 10.2 Å². The molecule has 0 radical (unpaired) electrons. The maximum atomic E-state index is 11.0. The quantitative estimate of drug-likeness (QED) is 0.391. The smallest absolute Gasteiger partial charge is 0.0852 e. The van der Waals surface area contributed by atoms with Crippen LogP contribution in [0.1, 0.15) is 113 Å². The van der Waals surface area contributed by atoms with Gasteiger partial charge >= 0.3 is 0 Å². The zero-order valence-corrected chi connectivity index (χ0v) is 22.2. The van der Waals surface area contributed by atoms with E-state index in [0.717, 1.165) is 12.3 Å². The summed E-state index contributed by atoms with van der Waals surface area (Å²) in [5.74, 6) is 1.81. The van der Waals surface area contributed by atoms with Gasteiger partial charge in [-0.15, -0.1) is 0 Å². The van der Waals surface area contributed by atoms with Crippen LogP contribution in [-0.2, 0) is 0 Å². The minimum Gasteiger partial charge on any atom is -0.390 e. The van der Waals surface area contributed by atoms with Crippen LogP contribution >= 0.6 is 0 Å². The summed E-state index contributed by atoms with van der Waals surface area (Å²) in [7, 11) is 0. The van der Waals surface area contributed by atoms with Crippen LogP contribution in [0.25, 0.3) is 0 Å². The van der Waals surface area contributed by atoms with Crippen LogP contribution in [0, 0.1) is 50.2 Å². The van der Waals surface area contributed by atoms with Crippen molar-refractivity contribution in [1.82, 2.24) is 0 Å². The molecule has 0 heterocycles. The van der Waals surface area contributed by atoms with Gasteiger partial charge in [0.15, 0.2) is 0 Å². The van der Waals surface area contributed by atoms with E-state index < -0.39 is 12.2 Å². The molecule has 0 amide bonds. The molecule has 9 atom stereocenters. The Kier molecular flexibility index (Phi) is 4.87. The van der Waals surface area contributed by atoms with Crippen molar-refractivity contribution in [2.75, 3.05) is 0 Å². The average molecular weight is 443 g/mol. The van der Waals surface area contributed by atoms with Crippen LogP contribution in [0.5, 0.6) is 0 Å². The van der Waals surface area contributed by atoms with Gasteiger partial charge in [0.25, 0.3) is 0 Å². The zero-order chi connectivity index (χ0) is 23.5. The summed E-state index contributed by atoms with van der Waals surface area (Å²) >= 11 is 0. The SMILES string of the molecule is CC1(C)CC[C@]2(C)CCC3(C)C(=CCC4[C@@]5(C)CC(O)[C@H](O)C(C)(C)C5CC[C@]43C)[C@@H]2C1. The van der Waals surface area contributed by atoms with Crippen molar-refractivity contribution in [3.63, 3.8) is 0 Å². The third kappa shape index (κ3) is 2.78. The molecule has 0 aliphatic heterocycles. The number of allylic oxidation sites excluding steroid dienone is 2. The minimum absolute atomic E-state index is 0.0901. The highest BCUT2D eigenvalue weighted by Gasteiger charge is 2.68. The third-order valence-electron chi connectivity index (χ3n) is 13.0. The van der Waals surface area contributed by atoms with Crippen molar-refractivity contribution in [1.29, 1.82) is 0 Å². The average Bonchev–Trinajstić information content (AvgIpc) is 2.68. The number of aliphatic hydroxyl groups excluding tert-OH is 2. The molecular weight excluding hydrogens is 392 g/mol. The maximum Gasteiger partial charge on any atom is 0.0852 e. The summed E-state index contributed by atoms with van der Waals surface area (Å²) < 4.78 is 0. The summed E-state index contributed by atoms with van der Waals surface area (Å²) in [5, 5.41) is 21.9. The van der Waals surface area contributed by atoms with Crippen LogP contribution in [0.2, 0.25) is 0 Å². The Morgan fingerprint density at radius 3 is 2.12 bits per heavy atom. The highest BCUT2D eigenvalue weighted by atomic mass is 16.3. The number of hydrogen-bond donors (Lipinski definition) is 2. The van der Waals surface area contributed by atoms with E-state index in [1.54, 1.807) is 0 Å². The predicted molar refractivity (Wildman–Crippen MR) is 132 cm³/mol. The molecule has 2 N–H and O–H groups in total. The number of fused-ring (bicyclic) bond motifs is 7. The van der Waals surface area contributed by atoms with E-state index in [9.17, 15) is 10.2 Å². The van der Waals surface area contributed by atoms with Crippen LogP contribution in [0.3, 0.4) is 0 Å². The lowest BCUT2D eigenvalue weighted by Crippen LogP contribution is -2.66. The predicted octanol–water partition coefficient (Wildman–Crippen LogP) is 7.14. The first-order valence-corrected chi connectivity index (χ1v) is 13.7. The Labute approximate surface area is 197 Å². The van der Waals surface area contributed by atoms with Crippen LogP contribution < -0.4 is 0 Å². The lowest BCUT2D eigenvalue weighted by Gasteiger charge is -2.71. The first-order chi connectivity index (χ1) is 14.6. The Hall–Kier alpha value is -0.340. The summed E-state index contributed by atoms with van der Waals surface area (Å²) in [6.07, 6.45) is 12.7. The molecule has 182 valence electrons. The number of hydrogen-bond acceptors (Lipinski definition) is 2. The van der Waals surface area contributed by atoms with E-state index in [-0.39, 0.29) is 21.7 Å². The highest BCUT2D eigenvalue weighted by molar-refractivity contribution is 5.33. The molecule has 2 nitrogen and oxygen atoms in total. The van der Waals surface area contributed by atoms with Crippen molar-refractivity contribution in [2.45, 2.75) is 125 Å². The molecule has 4 saturated carbocycles. The second-order valence-corrected chi connectivity index (χ2v) is 15.4. The van der Waals surface area contributed by atoms with Crippen molar-refractivity contribution in [3.8, 4) is 0 Å². The molecule has 32 heavy (non-hydrogen) atoms. The van der Waals surface area contributed by atoms with Gasteiger partial charge in [0, 0.05) is 0 Å². The molecule has 4 fully saturated rings. The lowest BCUT2D eigenvalue weighted by atomic mass is 9.33. The standard InChI is InChI=1S/C30H50O2/c1-25(2)13-14-27(5)15-16-29(7)19(20(27)17-25)9-10-23-28(6)18-21(31)24(32)26(3,4)22(28)11-12-30(23,29)8/h9,20-24,31-32H,10-18H2,1-8H3/t20-,21?,22?,23?,24-,27+,28-,29?,30+/m0/s1. The molecule has 5 rings (SSSR count). The Bertz CT molecular complexity index is 825. The lowest BCUT2D eigenvalue weighted by molar-refractivity contribution is -0.231. The molecule has 0 aromatic heterocycles. The Morgan fingerprint density at radius 2 is 1.44 bits per heavy atom. The van der Waals surface area contributed by atoms with Gasteiger partial charge in [-0.2, -0.15) is 0 Å². The first kappa shape index (κ1) is 23.4. The maximum absolute atomic E-state index is 11.0. The molecule has 0 aromatic rings. The van der Waals surface area contributed by atoms with E-state index in [1.165, 1.54) is 51.4 Å². The second-order valence-electron chi connectivity index (χ2n) is 15.4. The monoisotopic (exact) mass is 442 g/mol. The summed E-state index contributed by atoms with van der Waals surface area (Å²) in [5.41, 5.74) is 3.17. The van der Waals surface area contributed by atoms with Crippen molar-refractivity contribution >= 4 is 0 Å². The fourth-order valence-electron chi connectivity index (χ4n) is 10.7. The molecule has 0 aromatic carbocycles. The minimum atomic E-state index is -0.602. The van der Waals surface area contributed by atoms with Gasteiger partial charge in [0.1, 0.15) is 0 Å². The molecule has 0 bridgehead atoms. The van der Waals surface area contributed by atoms with Crippen molar-refractivity contribution in [2.24, 2.45) is 50.2 Å². The topological polar surface area (TPSA) is 40.5 Å². The summed E-state index contributed by atoms with van der Waals surface area (Å²) in [6.45, 7) is 19.8. The second kappa shape index (κ2) is 6.66. The molecule has 4 unspecified atom stereocenters. The third-order valence-corrected chi connectivity index (χ3v) is 13.0. The van der Waals surface area contributed by atoms with Gasteiger partial charge in [-0.1, -0.05) is 67.0 Å². The molecular formula is C30H50O2. The van der Waals surface area contributed by atoms with Gasteiger partial charge in [0.05, 0.1) is 12.2 Å². The summed E-state index contributed by atoms with van der Waals surface area (Å²) in [4.78, 5) is 0. The Balaban J connectivity index is 1.58. The molecule has 0 spiro atoms. The van der Waals surface area contributed by atoms with Crippen LogP contribution in [0.4, 0.5) is 0 Å². The van der Waals surface area contributed by atoms with E-state index in [4.69, 9.17) is 0 Å². The van der Waals surface area contributed by atoms with E-state index >= 15 is 0 Å². The van der Waals surface area contributed by atoms with E-state index in [2.05, 4.69) is 61.5 Å². The highest BCUT2D eigenvalue weighted by Crippen LogP contribution is 2.75. The fourth-order valence-corrected chi connectivity index (χ4v) is 10.7. The first-order valence-electron chi connectivity index (χ1n) is 13.7. The van der Waals surface area contributed by atoms with Gasteiger partial charge in [-0.3, -0.25) is 0 Å². The molecule has 5 aliphatic rings. The van der Waals surface area contributed by atoms with Crippen LogP contribution in [-0.4, -0.2) is 22.4 Å². The Morgan fingerprint density at radius 1 is 0.781 bits per heavy atom. The van der Waals surface area contributed by atoms with Gasteiger partial charge in [-0.25, -0.2) is 0 Å². The number of aliphatic hydroxyl groups is 2. The fraction of sp³-hybridized carbons (Fsp3) is 0.933. The molecule has 5 aliphatic carbocycles. The van der Waals surface area contributed by atoms with Crippen molar-refractivity contribution in [3.05, 3.63) is 11.6 Å². The molecule has 0 saturated heterocycles. The summed E-state index contributed by atoms with van der Waals surface area (Å²) in [6, 6.07) is 0. The van der Waals surface area contributed by atoms with Gasteiger partial charge in [0.2, 0.25) is 0 Å². The number of rotatable bonds is 0. The van der Waals surface area contributed by atoms with Crippen LogP contribution in [0.15, 0.2) is 11.6 Å². The van der Waals surface area contributed by atoms with Crippen molar-refractivity contribution < 1.29 is 10.2 Å². The normalized spacial score (nSPS) is 56.2. The van der Waals surface area contributed by atoms with Gasteiger partial charge in [-0.05, 0) is 108 Å².